The molecule has 154 valence electrons. The highest BCUT2D eigenvalue weighted by Crippen LogP contribution is 2.71. The van der Waals surface area contributed by atoms with Crippen molar-refractivity contribution in [1.29, 1.82) is 0 Å². The van der Waals surface area contributed by atoms with Gasteiger partial charge in [0, 0.05) is 13.6 Å². The first kappa shape index (κ1) is 17.0. The van der Waals surface area contributed by atoms with Gasteiger partial charge in [0.1, 0.15) is 5.60 Å². The molecule has 0 bridgehead atoms. The lowest BCUT2D eigenvalue weighted by Crippen LogP contribution is -2.68. The van der Waals surface area contributed by atoms with Gasteiger partial charge in [0.15, 0.2) is 11.6 Å². The van der Waals surface area contributed by atoms with Gasteiger partial charge in [-0.25, -0.2) is 0 Å². The van der Waals surface area contributed by atoms with Crippen LogP contribution in [0.1, 0.15) is 50.5 Å². The highest BCUT2D eigenvalue weighted by Gasteiger charge is 2.74. The lowest BCUT2D eigenvalue weighted by Gasteiger charge is -2.63. The van der Waals surface area contributed by atoms with Crippen LogP contribution in [-0.4, -0.2) is 44.2 Å². The maximum absolute atomic E-state index is 12.8. The smallest absolute Gasteiger partial charge is 0.179 e. The molecule has 0 radical (unpaired) electrons. The molecule has 0 aromatic heterocycles. The number of ketones is 2. The number of aliphatic hydroxyl groups is 2. The molecule has 28 heavy (non-hydrogen) atoms. The number of carbonyl (C=O) groups excluding carboxylic acids is 2. The summed E-state index contributed by atoms with van der Waals surface area (Å²) < 4.78 is 25.8. The van der Waals surface area contributed by atoms with E-state index < -0.39 is 63.2 Å². The minimum Gasteiger partial charge on any atom is -0.391 e. The van der Waals surface area contributed by atoms with Crippen molar-refractivity contribution in [2.45, 2.75) is 63.0 Å². The van der Waals surface area contributed by atoms with E-state index in [4.69, 9.17) is 27.3 Å². The summed E-state index contributed by atoms with van der Waals surface area (Å²) in [7, 11) is 0. The Hall–Kier alpha value is -0.680. The van der Waals surface area contributed by atoms with Crippen LogP contribution < -0.4 is 0 Å². The average molecular weight is 430 g/mol. The van der Waals surface area contributed by atoms with Crippen LogP contribution >= 0.6 is 23.2 Å². The fourth-order valence-electron chi connectivity index (χ4n) is 6.76. The van der Waals surface area contributed by atoms with Gasteiger partial charge in [-0.05, 0) is 55.5 Å². The van der Waals surface area contributed by atoms with Crippen molar-refractivity contribution in [2.24, 2.45) is 28.6 Å². The molecule has 0 aromatic carbocycles. The largest absolute Gasteiger partial charge is 0.391 e. The van der Waals surface area contributed by atoms with Gasteiger partial charge >= 0.3 is 0 Å². The molecule has 3 saturated carbocycles. The molecule has 4 aliphatic rings. The molecule has 4 aliphatic carbocycles. The Morgan fingerprint density at radius 3 is 2.75 bits per heavy atom. The minimum atomic E-state index is -2.01. The van der Waals surface area contributed by atoms with E-state index in [-0.39, 0.29) is 30.2 Å². The molecule has 0 saturated heterocycles. The summed E-state index contributed by atoms with van der Waals surface area (Å²) >= 11 is 13.1. The Bertz CT molecular complexity index is 936. The fourth-order valence-corrected chi connectivity index (χ4v) is 7.43. The second-order valence-electron chi connectivity index (χ2n) is 9.36. The molecule has 0 aromatic rings. The first-order valence-electron chi connectivity index (χ1n) is 11.3. The van der Waals surface area contributed by atoms with E-state index in [1.807, 2.05) is 0 Å². The van der Waals surface area contributed by atoms with Gasteiger partial charge in [0.2, 0.25) is 0 Å². The third-order valence-corrected chi connectivity index (χ3v) is 9.48. The van der Waals surface area contributed by atoms with Gasteiger partial charge in [-0.3, -0.25) is 9.59 Å². The van der Waals surface area contributed by atoms with Gasteiger partial charge in [0.25, 0.3) is 0 Å². The van der Waals surface area contributed by atoms with E-state index in [0.717, 1.165) is 0 Å². The first-order chi connectivity index (χ1) is 14.1. The van der Waals surface area contributed by atoms with Gasteiger partial charge in [0.05, 0.1) is 18.2 Å². The van der Waals surface area contributed by atoms with E-state index in [9.17, 15) is 19.8 Å². The highest BCUT2D eigenvalue weighted by molar-refractivity contribution is 6.29. The Kier molecular flexibility index (Phi) is 3.75. The average Bonchev–Trinajstić information content (AvgIpc) is 2.88. The SMILES string of the molecule is [2H]C1=C2C([2H])([2H])C[C@H]3[C@@H]4C[C@@H](C)[C@](O)(C(=O)CCl)[C@@]4(C)C[C@H](O)[C@]3(Cl)[C@@]2(C)C=CC1=O. The number of allylic oxidation sites excluding steroid dienone is 4. The maximum Gasteiger partial charge on any atom is 0.179 e. The summed E-state index contributed by atoms with van der Waals surface area (Å²) in [6, 6.07) is -0.414. The summed E-state index contributed by atoms with van der Waals surface area (Å²) in [6.07, 6.45) is -0.0966. The van der Waals surface area contributed by atoms with Crippen LogP contribution in [0.4, 0.5) is 0 Å². The molecule has 0 amide bonds. The summed E-state index contributed by atoms with van der Waals surface area (Å²) in [5.41, 5.74) is -4.06. The Labute approximate surface area is 180 Å². The molecule has 0 unspecified atom stereocenters. The third-order valence-electron chi connectivity index (χ3n) is 8.31. The highest BCUT2D eigenvalue weighted by atomic mass is 35.5. The van der Waals surface area contributed by atoms with E-state index in [0.29, 0.717) is 6.42 Å². The van der Waals surface area contributed by atoms with E-state index in [1.54, 1.807) is 20.8 Å². The third kappa shape index (κ3) is 2.16. The van der Waals surface area contributed by atoms with Gasteiger partial charge in [-0.2, -0.15) is 0 Å². The molecule has 0 aliphatic heterocycles. The number of fused-ring (bicyclic) bond motifs is 5. The molecule has 0 spiro atoms. The maximum atomic E-state index is 12.8. The van der Waals surface area contributed by atoms with Crippen molar-refractivity contribution in [3.63, 3.8) is 0 Å². The van der Waals surface area contributed by atoms with Crippen molar-refractivity contribution < 1.29 is 23.9 Å². The number of hydrogen-bond donors (Lipinski definition) is 2. The van der Waals surface area contributed by atoms with Crippen molar-refractivity contribution in [2.75, 3.05) is 5.88 Å². The monoisotopic (exact) mass is 429 g/mol. The topological polar surface area (TPSA) is 74.6 Å². The predicted octanol–water partition coefficient (Wildman–Crippen LogP) is 3.41. The minimum absolute atomic E-state index is 0.000421. The molecular weight excluding hydrogens is 399 g/mol. The van der Waals surface area contributed by atoms with E-state index >= 15 is 0 Å². The fraction of sp³-hybridized carbons (Fsp3) is 0.727. The van der Waals surface area contributed by atoms with Gasteiger partial charge in [-0.15, -0.1) is 23.2 Å². The molecule has 6 heteroatoms. The Morgan fingerprint density at radius 1 is 1.43 bits per heavy atom. The van der Waals surface area contributed by atoms with Crippen molar-refractivity contribution in [1.82, 2.24) is 0 Å². The molecular formula is C22H28Cl2O4. The Morgan fingerprint density at radius 2 is 2.11 bits per heavy atom. The predicted molar refractivity (Wildman–Crippen MR) is 108 cm³/mol. The van der Waals surface area contributed by atoms with Gasteiger partial charge < -0.3 is 10.2 Å². The molecule has 4 nitrogen and oxygen atoms in total. The lowest BCUT2D eigenvalue weighted by atomic mass is 9.45. The number of carbonyl (C=O) groups is 2. The number of halogens is 2. The number of hydrogen-bond acceptors (Lipinski definition) is 4. The second kappa shape index (κ2) is 6.16. The molecule has 0 heterocycles. The van der Waals surface area contributed by atoms with Crippen LogP contribution in [0.5, 0.6) is 0 Å². The van der Waals surface area contributed by atoms with Gasteiger partial charge in [-0.1, -0.05) is 32.4 Å². The summed E-state index contributed by atoms with van der Waals surface area (Å²) in [5, 5.41) is 23.1. The second-order valence-corrected chi connectivity index (χ2v) is 10.3. The first-order valence-corrected chi connectivity index (χ1v) is 10.7. The van der Waals surface area contributed by atoms with Crippen LogP contribution in [0.15, 0.2) is 23.8 Å². The van der Waals surface area contributed by atoms with Crippen LogP contribution in [0.25, 0.3) is 0 Å². The molecule has 4 rings (SSSR count). The van der Waals surface area contributed by atoms with Crippen LogP contribution in [-0.2, 0) is 9.59 Å². The van der Waals surface area contributed by atoms with Crippen molar-refractivity contribution in [3.05, 3.63) is 23.8 Å². The van der Waals surface area contributed by atoms with E-state index in [1.165, 1.54) is 12.2 Å². The molecule has 2 N–H and O–H groups in total. The zero-order valence-electron chi connectivity index (χ0n) is 19.3. The molecule has 8 atom stereocenters. The normalized spacial score (nSPS) is 56.2. The van der Waals surface area contributed by atoms with Crippen LogP contribution in [0, 0.1) is 28.6 Å². The number of rotatable bonds is 2. The number of aliphatic hydroxyl groups excluding tert-OH is 1. The van der Waals surface area contributed by atoms with Crippen molar-refractivity contribution >= 4 is 34.8 Å². The summed E-state index contributed by atoms with van der Waals surface area (Å²) in [6.45, 7) is 5.23. The molecule has 3 fully saturated rings. The van der Waals surface area contributed by atoms with E-state index in [2.05, 4.69) is 0 Å². The number of Topliss-reactive ketones (excluding diaryl/α,β-unsaturated/α-hetero) is 1. The summed E-state index contributed by atoms with van der Waals surface area (Å²) in [5.74, 6) is -2.82. The summed E-state index contributed by atoms with van der Waals surface area (Å²) in [4.78, 5) is 23.6. The van der Waals surface area contributed by atoms with Crippen molar-refractivity contribution in [3.8, 4) is 0 Å². The lowest BCUT2D eigenvalue weighted by molar-refractivity contribution is -0.175. The zero-order chi connectivity index (χ0) is 23.4. The van der Waals surface area contributed by atoms with Crippen LogP contribution in [0.3, 0.4) is 0 Å². The quantitative estimate of drug-likeness (QED) is 0.659. The standard InChI is InChI=1S/C22H28Cl2O4/c1-12-8-16-15-5-4-13-9-14(25)6-7-19(13,2)21(15,24)17(26)10-20(16,3)22(12,28)18(27)11-23/h6-7,9,12,15-17,26,28H,4-5,8,10-11H2,1-3H3/t12-,15+,16+,17+,19+,20+,21+,22+/m1/s1/i4D2,9D. The zero-order valence-corrected chi connectivity index (χ0v) is 17.8. The number of alkyl halides is 2. The van der Waals surface area contributed by atoms with Crippen LogP contribution in [0.2, 0.25) is 0 Å². The Balaban J connectivity index is 1.93.